The van der Waals surface area contributed by atoms with E-state index < -0.39 is 6.10 Å². The number of carbonyl (C=O) groups excluding carboxylic acids is 2. The van der Waals surface area contributed by atoms with E-state index in [1.54, 1.807) is 38.4 Å². The number of nitrogens with zero attached hydrogens (tertiary/aromatic N) is 1. The Balaban J connectivity index is 1.74. The Labute approximate surface area is 151 Å². The van der Waals surface area contributed by atoms with Gasteiger partial charge in [-0.25, -0.2) is 0 Å². The lowest BCUT2D eigenvalue weighted by Crippen LogP contribution is -2.50. The molecular weight excluding hydrogens is 334 g/mol. The summed E-state index contributed by atoms with van der Waals surface area (Å²) in [6.45, 7) is 0.396. The third kappa shape index (κ3) is 3.88. The predicted octanol–water partition coefficient (Wildman–Crippen LogP) is 1.65. The molecule has 0 saturated carbocycles. The molecule has 1 aliphatic rings. The van der Waals surface area contributed by atoms with Gasteiger partial charge >= 0.3 is 0 Å². The number of para-hydroxylation sites is 2. The first-order chi connectivity index (χ1) is 12.6. The molecule has 0 radical (unpaired) electrons. The third-order valence-electron chi connectivity index (χ3n) is 4.09. The van der Waals surface area contributed by atoms with Crippen molar-refractivity contribution in [2.24, 2.45) is 0 Å². The van der Waals surface area contributed by atoms with Crippen LogP contribution in [-0.4, -0.2) is 45.2 Å². The first-order valence-electron chi connectivity index (χ1n) is 8.27. The molecule has 2 amide bonds. The number of methoxy groups -OCH3 is 1. The molecule has 3 rings (SSSR count). The maximum atomic E-state index is 12.5. The minimum atomic E-state index is -0.667. The van der Waals surface area contributed by atoms with E-state index in [0.717, 1.165) is 5.69 Å². The second-order valence-corrected chi connectivity index (χ2v) is 5.85. The van der Waals surface area contributed by atoms with Crippen LogP contribution in [0.3, 0.4) is 0 Å². The number of benzene rings is 2. The average molecular weight is 355 g/mol. The van der Waals surface area contributed by atoms with Crippen molar-refractivity contribution in [3.05, 3.63) is 48.5 Å². The summed E-state index contributed by atoms with van der Waals surface area (Å²) in [6.07, 6.45) is -0.667. The molecule has 2 aromatic carbocycles. The number of ether oxygens (including phenoxy) is 2. The van der Waals surface area contributed by atoms with E-state index in [0.29, 0.717) is 23.7 Å². The van der Waals surface area contributed by atoms with Crippen LogP contribution in [-0.2, 0) is 9.59 Å². The molecule has 7 heteroatoms. The largest absolute Gasteiger partial charge is 0.497 e. The minimum absolute atomic E-state index is 0.102. The molecule has 0 unspecified atom stereocenters. The number of hydrogen-bond donors (Lipinski definition) is 2. The van der Waals surface area contributed by atoms with Crippen molar-refractivity contribution in [3.63, 3.8) is 0 Å². The summed E-state index contributed by atoms with van der Waals surface area (Å²) in [6, 6.07) is 14.5. The molecule has 7 nitrogen and oxygen atoms in total. The Kier molecular flexibility index (Phi) is 5.26. The maximum Gasteiger partial charge on any atom is 0.262 e. The monoisotopic (exact) mass is 355 g/mol. The van der Waals surface area contributed by atoms with Gasteiger partial charge < -0.3 is 25.0 Å². The molecule has 1 aliphatic heterocycles. The van der Waals surface area contributed by atoms with E-state index in [-0.39, 0.29) is 18.4 Å². The fourth-order valence-electron chi connectivity index (χ4n) is 2.83. The fraction of sp³-hybridized carbons (Fsp3) is 0.263. The second-order valence-electron chi connectivity index (χ2n) is 5.85. The van der Waals surface area contributed by atoms with Crippen molar-refractivity contribution >= 4 is 23.2 Å². The Morgan fingerprint density at radius 1 is 1.23 bits per heavy atom. The van der Waals surface area contributed by atoms with E-state index >= 15 is 0 Å². The smallest absolute Gasteiger partial charge is 0.262 e. The molecular formula is C19H21N3O4. The summed E-state index contributed by atoms with van der Waals surface area (Å²) in [5.41, 5.74) is 1.44. The van der Waals surface area contributed by atoms with Gasteiger partial charge in [0.1, 0.15) is 11.5 Å². The number of rotatable bonds is 5. The molecule has 2 N–H and O–H groups in total. The molecule has 0 spiro atoms. The van der Waals surface area contributed by atoms with Gasteiger partial charge in [0.2, 0.25) is 5.91 Å². The van der Waals surface area contributed by atoms with Crippen LogP contribution < -0.4 is 25.0 Å². The Bertz CT molecular complexity index is 809. The summed E-state index contributed by atoms with van der Waals surface area (Å²) in [7, 11) is 3.14. The first kappa shape index (κ1) is 17.6. The van der Waals surface area contributed by atoms with Gasteiger partial charge in [-0.05, 0) is 24.3 Å². The number of amides is 2. The van der Waals surface area contributed by atoms with Crippen molar-refractivity contribution in [1.29, 1.82) is 0 Å². The van der Waals surface area contributed by atoms with Gasteiger partial charge in [-0.15, -0.1) is 0 Å². The topological polar surface area (TPSA) is 79.9 Å². The second kappa shape index (κ2) is 7.77. The molecule has 0 saturated heterocycles. The van der Waals surface area contributed by atoms with Crippen molar-refractivity contribution in [2.45, 2.75) is 6.10 Å². The van der Waals surface area contributed by atoms with Crippen LogP contribution in [0, 0.1) is 0 Å². The number of hydrogen-bond acceptors (Lipinski definition) is 5. The van der Waals surface area contributed by atoms with Crippen molar-refractivity contribution < 1.29 is 19.1 Å². The SMILES string of the molecule is CNC(=O)[C@@H]1CN(CC(=O)Nc2cccc(OC)c2)c2ccccc2O1. The molecule has 136 valence electrons. The standard InChI is InChI=1S/C19H21N3O4/c1-20-19(24)17-11-22(15-8-3-4-9-16(15)26-17)12-18(23)21-13-6-5-7-14(10-13)25-2/h3-10,17H,11-12H2,1-2H3,(H,20,24)(H,21,23)/t17-/m0/s1. The highest BCUT2D eigenvalue weighted by molar-refractivity contribution is 5.95. The van der Waals surface area contributed by atoms with Gasteiger partial charge in [0.05, 0.1) is 25.9 Å². The van der Waals surface area contributed by atoms with Crippen LogP contribution in [0.5, 0.6) is 11.5 Å². The minimum Gasteiger partial charge on any atom is -0.497 e. The van der Waals surface area contributed by atoms with Crippen molar-refractivity contribution in [2.75, 3.05) is 37.5 Å². The highest BCUT2D eigenvalue weighted by Gasteiger charge is 2.30. The number of likely N-dealkylation sites (N-methyl/N-ethyl adjacent to an activating group) is 1. The zero-order valence-electron chi connectivity index (χ0n) is 14.7. The molecule has 0 aromatic heterocycles. The molecule has 2 aromatic rings. The first-order valence-corrected chi connectivity index (χ1v) is 8.27. The van der Waals surface area contributed by atoms with Crippen LogP contribution in [0.25, 0.3) is 0 Å². The van der Waals surface area contributed by atoms with Gasteiger partial charge in [-0.3, -0.25) is 9.59 Å². The van der Waals surface area contributed by atoms with Crippen molar-refractivity contribution in [1.82, 2.24) is 5.32 Å². The maximum absolute atomic E-state index is 12.5. The van der Waals surface area contributed by atoms with Crippen LogP contribution in [0.2, 0.25) is 0 Å². The van der Waals surface area contributed by atoms with E-state index in [2.05, 4.69) is 10.6 Å². The summed E-state index contributed by atoms with van der Waals surface area (Å²) in [5, 5.41) is 5.44. The predicted molar refractivity (Wildman–Crippen MR) is 98.8 cm³/mol. The zero-order valence-corrected chi connectivity index (χ0v) is 14.7. The molecule has 26 heavy (non-hydrogen) atoms. The molecule has 0 bridgehead atoms. The number of fused-ring (bicyclic) bond motifs is 1. The lowest BCUT2D eigenvalue weighted by Gasteiger charge is -2.34. The third-order valence-corrected chi connectivity index (χ3v) is 4.09. The number of anilines is 2. The van der Waals surface area contributed by atoms with Crippen LogP contribution in [0.15, 0.2) is 48.5 Å². The normalized spacial score (nSPS) is 15.5. The van der Waals surface area contributed by atoms with Gasteiger partial charge in [0.25, 0.3) is 5.91 Å². The summed E-state index contributed by atoms with van der Waals surface area (Å²) >= 11 is 0. The van der Waals surface area contributed by atoms with E-state index in [9.17, 15) is 9.59 Å². The highest BCUT2D eigenvalue weighted by atomic mass is 16.5. The van der Waals surface area contributed by atoms with Crippen molar-refractivity contribution in [3.8, 4) is 11.5 Å². The zero-order chi connectivity index (χ0) is 18.5. The highest BCUT2D eigenvalue weighted by Crippen LogP contribution is 2.33. The average Bonchev–Trinajstić information content (AvgIpc) is 2.67. The van der Waals surface area contributed by atoms with Crippen LogP contribution in [0.4, 0.5) is 11.4 Å². The summed E-state index contributed by atoms with van der Waals surface area (Å²) < 4.78 is 10.9. The summed E-state index contributed by atoms with van der Waals surface area (Å²) in [5.74, 6) is 0.837. The number of carbonyl (C=O) groups is 2. The van der Waals surface area contributed by atoms with Gasteiger partial charge in [-0.1, -0.05) is 18.2 Å². The Hall–Kier alpha value is -3.22. The molecule has 1 atom stereocenters. The molecule has 0 fully saturated rings. The van der Waals surface area contributed by atoms with Crippen LogP contribution in [0.1, 0.15) is 0 Å². The van der Waals surface area contributed by atoms with E-state index in [1.807, 2.05) is 29.2 Å². The molecule has 1 heterocycles. The quantitative estimate of drug-likeness (QED) is 0.852. The molecule has 0 aliphatic carbocycles. The van der Waals surface area contributed by atoms with E-state index in [1.165, 1.54) is 0 Å². The fourth-order valence-corrected chi connectivity index (χ4v) is 2.83. The number of nitrogens with one attached hydrogen (secondary N) is 2. The van der Waals surface area contributed by atoms with Gasteiger partial charge in [0, 0.05) is 18.8 Å². The van der Waals surface area contributed by atoms with Gasteiger partial charge in [0.15, 0.2) is 6.10 Å². The Morgan fingerprint density at radius 3 is 2.81 bits per heavy atom. The van der Waals surface area contributed by atoms with E-state index in [4.69, 9.17) is 9.47 Å². The van der Waals surface area contributed by atoms with Gasteiger partial charge in [-0.2, -0.15) is 0 Å². The lowest BCUT2D eigenvalue weighted by molar-refractivity contribution is -0.127. The lowest BCUT2D eigenvalue weighted by atomic mass is 10.1. The summed E-state index contributed by atoms with van der Waals surface area (Å²) in [4.78, 5) is 26.3. The Morgan fingerprint density at radius 2 is 2.04 bits per heavy atom. The van der Waals surface area contributed by atoms with Crippen LogP contribution >= 0.6 is 0 Å².